The summed E-state index contributed by atoms with van der Waals surface area (Å²) in [6.07, 6.45) is 0. The minimum absolute atomic E-state index is 0. The fourth-order valence-corrected chi connectivity index (χ4v) is 0.109. The molecule has 0 saturated heterocycles. The van der Waals surface area contributed by atoms with Crippen molar-refractivity contribution in [3.63, 3.8) is 0 Å². The summed E-state index contributed by atoms with van der Waals surface area (Å²) in [5.41, 5.74) is 9.23. The molecule has 0 aromatic rings. The predicted octanol–water partition coefficient (Wildman–Crippen LogP) is -0.585. The van der Waals surface area contributed by atoms with Gasteiger partial charge in [-0.15, -0.1) is 0 Å². The molecule has 0 aliphatic carbocycles. The van der Waals surface area contributed by atoms with Crippen LogP contribution in [0.25, 0.3) is 0 Å². The van der Waals surface area contributed by atoms with Crippen molar-refractivity contribution in [2.45, 2.75) is 0 Å². The first-order valence-electron chi connectivity index (χ1n) is 1.60. The third kappa shape index (κ3) is 4.94. The van der Waals surface area contributed by atoms with Crippen LogP contribution in [-0.4, -0.2) is 44.7 Å². The first kappa shape index (κ1) is 12.2. The maximum Gasteiger partial charge on any atom is 0.332 e. The van der Waals surface area contributed by atoms with Crippen molar-refractivity contribution in [2.24, 2.45) is 11.5 Å². The second-order valence-corrected chi connectivity index (χ2v) is 1.92. The van der Waals surface area contributed by atoms with E-state index in [4.69, 9.17) is 0 Å². The fourth-order valence-electron chi connectivity index (χ4n) is 0.109. The van der Waals surface area contributed by atoms with Crippen LogP contribution in [0.5, 0.6) is 0 Å². The van der Waals surface area contributed by atoms with Crippen LogP contribution in [-0.2, 0) is 0 Å². The van der Waals surface area contributed by atoms with Gasteiger partial charge >= 0.3 is 12.1 Å². The molecule has 0 spiro atoms. The van der Waals surface area contributed by atoms with Gasteiger partial charge in [-0.3, -0.25) is 0 Å². The average Bonchev–Trinajstić information content (AvgIpc) is 1.64. The molecule has 5 nitrogen and oxygen atoms in total. The SMILES string of the molecule is NC(=O)N(I)C(N)=O.[Na]. The maximum absolute atomic E-state index is 9.98. The van der Waals surface area contributed by atoms with Gasteiger partial charge in [0.2, 0.25) is 0 Å². The quantitative estimate of drug-likeness (QED) is 0.343. The zero-order valence-electron chi connectivity index (χ0n) is 4.80. The van der Waals surface area contributed by atoms with E-state index in [0.29, 0.717) is 3.11 Å². The molecule has 4 N–H and O–H groups in total. The molecule has 0 aliphatic heterocycles. The Bertz CT molecular complexity index is 115. The Balaban J connectivity index is 0. The molecular weight excluding hydrogens is 248 g/mol. The van der Waals surface area contributed by atoms with E-state index in [1.54, 1.807) is 0 Å². The van der Waals surface area contributed by atoms with E-state index in [2.05, 4.69) is 11.5 Å². The number of amides is 4. The third-order valence-corrected chi connectivity index (χ3v) is 1.34. The van der Waals surface area contributed by atoms with E-state index in [1.165, 1.54) is 22.9 Å². The van der Waals surface area contributed by atoms with Crippen LogP contribution in [0.1, 0.15) is 0 Å². The minimum atomic E-state index is -0.863. The summed E-state index contributed by atoms with van der Waals surface area (Å²) in [4.78, 5) is 20.0. The van der Waals surface area contributed by atoms with Crippen LogP contribution in [0.2, 0.25) is 0 Å². The van der Waals surface area contributed by atoms with Gasteiger partial charge in [0, 0.05) is 29.6 Å². The Kier molecular flexibility index (Phi) is 7.13. The Morgan fingerprint density at radius 2 is 1.44 bits per heavy atom. The molecule has 0 unspecified atom stereocenters. The van der Waals surface area contributed by atoms with Crippen LogP contribution in [0, 0.1) is 0 Å². The van der Waals surface area contributed by atoms with Crippen LogP contribution >= 0.6 is 22.9 Å². The molecule has 0 saturated carbocycles. The second-order valence-electron chi connectivity index (χ2n) is 0.957. The van der Waals surface area contributed by atoms with Crippen molar-refractivity contribution in [3.8, 4) is 0 Å². The van der Waals surface area contributed by atoms with E-state index >= 15 is 0 Å². The van der Waals surface area contributed by atoms with Gasteiger partial charge in [0.25, 0.3) is 0 Å². The van der Waals surface area contributed by atoms with Gasteiger partial charge in [0.15, 0.2) is 0 Å². The number of hydrogen-bond acceptors (Lipinski definition) is 2. The predicted molar refractivity (Wildman–Crippen MR) is 40.8 cm³/mol. The van der Waals surface area contributed by atoms with Crippen LogP contribution in [0.3, 0.4) is 0 Å². The number of imide groups is 1. The smallest absolute Gasteiger partial charge is 0.332 e. The number of urea groups is 2. The normalized spacial score (nSPS) is 7.22. The van der Waals surface area contributed by atoms with Crippen molar-refractivity contribution in [1.29, 1.82) is 0 Å². The summed E-state index contributed by atoms with van der Waals surface area (Å²) in [5.74, 6) is 0. The largest absolute Gasteiger partial charge is 0.350 e. The van der Waals surface area contributed by atoms with Crippen molar-refractivity contribution in [2.75, 3.05) is 0 Å². The van der Waals surface area contributed by atoms with Gasteiger partial charge in [-0.25, -0.2) is 9.59 Å². The van der Waals surface area contributed by atoms with E-state index in [0.717, 1.165) is 0 Å². The monoisotopic (exact) mass is 252 g/mol. The zero-order chi connectivity index (χ0) is 6.73. The molecule has 0 rings (SSSR count). The Hall–Kier alpha value is 0.470. The molecule has 0 bridgehead atoms. The van der Waals surface area contributed by atoms with Gasteiger partial charge in [0.05, 0.1) is 22.9 Å². The minimum Gasteiger partial charge on any atom is -0.350 e. The molecule has 0 aromatic heterocycles. The van der Waals surface area contributed by atoms with E-state index in [9.17, 15) is 9.59 Å². The molecule has 47 valence electrons. The van der Waals surface area contributed by atoms with Gasteiger partial charge < -0.3 is 11.5 Å². The molecule has 0 heterocycles. The van der Waals surface area contributed by atoms with Gasteiger partial charge in [-0.1, -0.05) is 0 Å². The standard InChI is InChI=1S/C2H4IN3O2.Na/c3-6(1(4)7)2(5)8;/h(H2,4,7)(H2,5,8);. The molecule has 9 heavy (non-hydrogen) atoms. The summed E-state index contributed by atoms with van der Waals surface area (Å²) in [6, 6.07) is -1.73. The fraction of sp³-hybridized carbons (Fsp3) is 0. The molecular formula is C2H4IN3NaO2. The van der Waals surface area contributed by atoms with Crippen molar-refractivity contribution in [1.82, 2.24) is 3.11 Å². The summed E-state index contributed by atoms with van der Waals surface area (Å²) in [6.45, 7) is 0. The number of hydrogen-bond donors (Lipinski definition) is 2. The number of primary amides is 2. The Morgan fingerprint density at radius 1 is 1.22 bits per heavy atom. The molecule has 0 aromatic carbocycles. The molecule has 0 aliphatic rings. The summed E-state index contributed by atoms with van der Waals surface area (Å²) in [7, 11) is 0. The van der Waals surface area contributed by atoms with Crippen molar-refractivity contribution < 1.29 is 9.59 Å². The molecule has 4 amide bonds. The number of nitrogens with zero attached hydrogens (tertiary/aromatic N) is 1. The van der Waals surface area contributed by atoms with E-state index < -0.39 is 12.1 Å². The van der Waals surface area contributed by atoms with Gasteiger partial charge in [0.1, 0.15) is 0 Å². The van der Waals surface area contributed by atoms with Gasteiger partial charge in [-0.2, -0.15) is 3.11 Å². The molecule has 7 heteroatoms. The molecule has 0 fully saturated rings. The summed E-state index contributed by atoms with van der Waals surface area (Å²) in [5, 5.41) is 0. The molecule has 1 radical (unpaired) electrons. The second kappa shape index (κ2) is 5.27. The third-order valence-electron chi connectivity index (χ3n) is 0.387. The Morgan fingerprint density at radius 3 is 1.44 bits per heavy atom. The van der Waals surface area contributed by atoms with Crippen LogP contribution < -0.4 is 11.5 Å². The average molecular weight is 252 g/mol. The number of rotatable bonds is 0. The summed E-state index contributed by atoms with van der Waals surface area (Å²) < 4.78 is 0.581. The van der Waals surface area contributed by atoms with Crippen molar-refractivity contribution in [3.05, 3.63) is 0 Å². The van der Waals surface area contributed by atoms with Crippen LogP contribution in [0.4, 0.5) is 9.59 Å². The van der Waals surface area contributed by atoms with Gasteiger partial charge in [-0.05, 0) is 0 Å². The zero-order valence-corrected chi connectivity index (χ0v) is 8.95. The molecule has 0 atom stereocenters. The number of nitrogens with two attached hydrogens (primary N) is 2. The number of carbonyl (C=O) groups is 2. The Labute approximate surface area is 87.9 Å². The van der Waals surface area contributed by atoms with Crippen molar-refractivity contribution >= 4 is 64.5 Å². The number of carbonyl (C=O) groups excluding carboxylic acids is 2. The van der Waals surface area contributed by atoms with Crippen LogP contribution in [0.15, 0.2) is 0 Å². The first-order chi connectivity index (χ1) is 3.55. The van der Waals surface area contributed by atoms with E-state index in [-0.39, 0.29) is 29.6 Å². The summed E-state index contributed by atoms with van der Waals surface area (Å²) >= 11 is 1.41. The first-order valence-corrected chi connectivity index (χ1v) is 2.57. The topological polar surface area (TPSA) is 89.4 Å². The van der Waals surface area contributed by atoms with E-state index in [1.807, 2.05) is 0 Å². The number of halogens is 1. The maximum atomic E-state index is 9.98.